The minimum absolute atomic E-state index is 0.0267. The van der Waals surface area contributed by atoms with E-state index in [1.54, 1.807) is 0 Å². The Balaban J connectivity index is 2.19. The number of hydrogen-bond acceptors (Lipinski definition) is 3. The molecule has 3 heteroatoms. The van der Waals surface area contributed by atoms with Crippen LogP contribution in [0, 0.1) is 5.92 Å². The summed E-state index contributed by atoms with van der Waals surface area (Å²) in [5.41, 5.74) is 1.83. The van der Waals surface area contributed by atoms with Gasteiger partial charge in [-0.2, -0.15) is 0 Å². The molecule has 0 aromatic heterocycles. The van der Waals surface area contributed by atoms with Gasteiger partial charge >= 0.3 is 5.97 Å². The number of esters is 1. The van der Waals surface area contributed by atoms with E-state index >= 15 is 0 Å². The van der Waals surface area contributed by atoms with Crippen molar-refractivity contribution in [2.24, 2.45) is 5.92 Å². The summed E-state index contributed by atoms with van der Waals surface area (Å²) in [6, 6.07) is 19.1. The molecule has 0 aliphatic rings. The van der Waals surface area contributed by atoms with E-state index in [-0.39, 0.29) is 12.1 Å². The number of para-hydroxylation sites is 1. The maximum atomic E-state index is 13.1. The highest BCUT2D eigenvalue weighted by Gasteiger charge is 2.28. The van der Waals surface area contributed by atoms with Gasteiger partial charge in [0.25, 0.3) is 0 Å². The highest BCUT2D eigenvalue weighted by atomic mass is 16.5. The Bertz CT molecular complexity index is 651. The molecule has 2 atom stereocenters. The molecule has 0 spiro atoms. The van der Waals surface area contributed by atoms with Crippen molar-refractivity contribution in [2.75, 3.05) is 5.32 Å². The summed E-state index contributed by atoms with van der Waals surface area (Å²) in [4.78, 5) is 13.1. The van der Waals surface area contributed by atoms with E-state index in [1.165, 1.54) is 0 Å². The predicted octanol–water partition coefficient (Wildman–Crippen LogP) is 6.38. The minimum atomic E-state index is -0.508. The van der Waals surface area contributed by atoms with Gasteiger partial charge in [-0.15, -0.1) is 0 Å². The molecule has 0 aliphatic carbocycles. The molecule has 0 amide bonds. The quantitative estimate of drug-likeness (QED) is 0.468. The van der Waals surface area contributed by atoms with E-state index in [4.69, 9.17) is 4.74 Å². The lowest BCUT2D eigenvalue weighted by atomic mass is 9.91. The van der Waals surface area contributed by atoms with Crippen molar-refractivity contribution in [3.8, 4) is 0 Å². The normalized spacial score (nSPS) is 13.2. The smallest absolute Gasteiger partial charge is 0.333 e. The molecule has 0 unspecified atom stereocenters. The second-order valence-corrected chi connectivity index (χ2v) is 7.08. The number of nitrogens with one attached hydrogen (secondary N) is 1. The molecule has 1 N–H and O–H groups in total. The van der Waals surface area contributed by atoms with Crippen LogP contribution in [0.1, 0.15) is 64.5 Å². The third kappa shape index (κ3) is 6.42. The van der Waals surface area contributed by atoms with Crippen molar-refractivity contribution in [1.29, 1.82) is 0 Å². The Morgan fingerprint density at radius 1 is 0.889 bits per heavy atom. The molecule has 0 saturated carbocycles. The summed E-state index contributed by atoms with van der Waals surface area (Å²) < 4.78 is 6.05. The third-order valence-corrected chi connectivity index (χ3v) is 4.97. The van der Waals surface area contributed by atoms with E-state index in [0.717, 1.165) is 43.4 Å². The van der Waals surface area contributed by atoms with E-state index in [9.17, 15) is 4.79 Å². The largest absolute Gasteiger partial charge is 0.460 e. The highest BCUT2D eigenvalue weighted by molar-refractivity contribution is 5.81. The Labute approximate surface area is 164 Å². The van der Waals surface area contributed by atoms with Crippen LogP contribution in [0.15, 0.2) is 60.7 Å². The Morgan fingerprint density at radius 2 is 1.44 bits per heavy atom. The summed E-state index contributed by atoms with van der Waals surface area (Å²) in [6.07, 6.45) is 5.25. The van der Waals surface area contributed by atoms with Gasteiger partial charge in [-0.3, -0.25) is 0 Å². The summed E-state index contributed by atoms with van der Waals surface area (Å²) in [5, 5.41) is 3.35. The maximum absolute atomic E-state index is 13.1. The van der Waals surface area contributed by atoms with Crippen LogP contribution in [0.5, 0.6) is 0 Å². The molecular weight excluding hydrogens is 334 g/mol. The molecule has 0 aliphatic heterocycles. The summed E-state index contributed by atoms with van der Waals surface area (Å²) in [5.74, 6) is 0.233. The topological polar surface area (TPSA) is 38.3 Å². The van der Waals surface area contributed by atoms with Crippen LogP contribution in [-0.2, 0) is 9.53 Å². The monoisotopic (exact) mass is 367 g/mol. The van der Waals surface area contributed by atoms with Gasteiger partial charge in [-0.05, 0) is 42.9 Å². The van der Waals surface area contributed by atoms with Crippen molar-refractivity contribution in [3.05, 3.63) is 66.2 Å². The van der Waals surface area contributed by atoms with Gasteiger partial charge in [0.1, 0.15) is 6.10 Å². The first-order chi connectivity index (χ1) is 13.2. The predicted molar refractivity (Wildman–Crippen MR) is 113 cm³/mol. The van der Waals surface area contributed by atoms with E-state index in [2.05, 4.69) is 26.1 Å². The second-order valence-electron chi connectivity index (χ2n) is 7.08. The summed E-state index contributed by atoms with van der Waals surface area (Å²) in [6.45, 7) is 6.50. The lowest BCUT2D eigenvalue weighted by Gasteiger charge is -2.28. The Morgan fingerprint density at radius 3 is 1.96 bits per heavy atom. The fourth-order valence-corrected chi connectivity index (χ4v) is 3.61. The minimum Gasteiger partial charge on any atom is -0.460 e. The van der Waals surface area contributed by atoms with Crippen molar-refractivity contribution < 1.29 is 9.53 Å². The lowest BCUT2D eigenvalue weighted by Crippen LogP contribution is -2.31. The van der Waals surface area contributed by atoms with Gasteiger partial charge in [0.2, 0.25) is 0 Å². The summed E-state index contributed by atoms with van der Waals surface area (Å²) >= 11 is 0. The third-order valence-electron chi connectivity index (χ3n) is 4.97. The van der Waals surface area contributed by atoms with Crippen molar-refractivity contribution in [1.82, 2.24) is 0 Å². The molecule has 2 aromatic rings. The average Bonchev–Trinajstić information content (AvgIpc) is 2.71. The number of rotatable bonds is 11. The van der Waals surface area contributed by atoms with E-state index < -0.39 is 6.04 Å². The number of anilines is 1. The van der Waals surface area contributed by atoms with Crippen molar-refractivity contribution in [2.45, 2.75) is 65.0 Å². The van der Waals surface area contributed by atoms with Gasteiger partial charge < -0.3 is 10.1 Å². The number of benzene rings is 2. The maximum Gasteiger partial charge on any atom is 0.333 e. The molecule has 0 heterocycles. The number of ether oxygens (including phenoxy) is 1. The molecule has 2 rings (SSSR count). The van der Waals surface area contributed by atoms with E-state index in [1.807, 2.05) is 60.7 Å². The molecule has 0 radical (unpaired) electrons. The van der Waals surface area contributed by atoms with Crippen LogP contribution in [0.3, 0.4) is 0 Å². The van der Waals surface area contributed by atoms with Gasteiger partial charge in [-0.1, -0.05) is 82.1 Å². The lowest BCUT2D eigenvalue weighted by molar-refractivity contribution is -0.153. The van der Waals surface area contributed by atoms with Gasteiger partial charge in [0, 0.05) is 5.69 Å². The second kappa shape index (κ2) is 11.4. The Kier molecular flexibility index (Phi) is 8.90. The number of carbonyl (C=O) groups is 1. The fourth-order valence-electron chi connectivity index (χ4n) is 3.61. The van der Waals surface area contributed by atoms with Crippen LogP contribution < -0.4 is 5.32 Å². The van der Waals surface area contributed by atoms with Crippen LogP contribution in [0.4, 0.5) is 5.69 Å². The van der Waals surface area contributed by atoms with Gasteiger partial charge in [-0.25, -0.2) is 4.79 Å². The van der Waals surface area contributed by atoms with Gasteiger partial charge in [0.15, 0.2) is 6.04 Å². The standard InChI is InChI=1S/C24H33NO2/c1-4-13-19(14-5-2)22(6-3)27-24(26)23(20-15-9-7-10-16-20)25-21-17-11-8-12-18-21/h7-12,15-19,22-23,25H,4-6,13-14H2,1-3H3/t22-,23+/m0/s1. The highest BCUT2D eigenvalue weighted by Crippen LogP contribution is 2.27. The summed E-state index contributed by atoms with van der Waals surface area (Å²) in [7, 11) is 0. The zero-order valence-electron chi connectivity index (χ0n) is 16.9. The number of hydrogen-bond donors (Lipinski definition) is 1. The molecule has 0 fully saturated rings. The fraction of sp³-hybridized carbons (Fsp3) is 0.458. The first-order valence-electron chi connectivity index (χ1n) is 10.3. The Hall–Kier alpha value is -2.29. The number of carbonyl (C=O) groups excluding carboxylic acids is 1. The molecule has 2 aromatic carbocycles. The molecule has 0 saturated heterocycles. The van der Waals surface area contributed by atoms with Gasteiger partial charge in [0.05, 0.1) is 0 Å². The molecule has 27 heavy (non-hydrogen) atoms. The zero-order chi connectivity index (χ0) is 19.5. The SMILES string of the molecule is CCCC(CCC)[C@H](CC)OC(=O)[C@H](Nc1ccccc1)c1ccccc1. The zero-order valence-corrected chi connectivity index (χ0v) is 16.9. The molecular formula is C24H33NO2. The molecule has 146 valence electrons. The van der Waals surface area contributed by atoms with Crippen molar-refractivity contribution >= 4 is 11.7 Å². The molecule has 0 bridgehead atoms. The van der Waals surface area contributed by atoms with Crippen LogP contribution in [-0.4, -0.2) is 12.1 Å². The molecule has 3 nitrogen and oxygen atoms in total. The first kappa shape index (κ1) is 21.0. The van der Waals surface area contributed by atoms with E-state index in [0.29, 0.717) is 5.92 Å². The average molecular weight is 368 g/mol. The first-order valence-corrected chi connectivity index (χ1v) is 10.3. The van der Waals surface area contributed by atoms with Crippen LogP contribution in [0.2, 0.25) is 0 Å². The van der Waals surface area contributed by atoms with Crippen molar-refractivity contribution in [3.63, 3.8) is 0 Å². The van der Waals surface area contributed by atoms with Crippen LogP contribution in [0.25, 0.3) is 0 Å². The van der Waals surface area contributed by atoms with Crippen LogP contribution >= 0.6 is 0 Å².